The van der Waals surface area contributed by atoms with Crippen molar-refractivity contribution in [2.45, 2.75) is 39.4 Å². The van der Waals surface area contributed by atoms with E-state index in [9.17, 15) is 0 Å². The van der Waals surface area contributed by atoms with Gasteiger partial charge >= 0.3 is 0 Å². The minimum absolute atomic E-state index is 0.212. The molecule has 2 atom stereocenters. The second-order valence-electron chi connectivity index (χ2n) is 5.43. The predicted octanol–water partition coefficient (Wildman–Crippen LogP) is 2.57. The number of nitrogens with zero attached hydrogens (tertiary/aromatic N) is 4. The molecule has 3 aromatic rings. The van der Waals surface area contributed by atoms with Crippen LogP contribution in [-0.2, 0) is 6.54 Å². The van der Waals surface area contributed by atoms with Gasteiger partial charge in [0.05, 0.1) is 30.6 Å². The van der Waals surface area contributed by atoms with E-state index in [-0.39, 0.29) is 12.1 Å². The molecule has 0 aliphatic rings. The Morgan fingerprint density at radius 3 is 2.91 bits per heavy atom. The summed E-state index contributed by atoms with van der Waals surface area (Å²) in [5.74, 6) is 1.08. The van der Waals surface area contributed by atoms with E-state index in [2.05, 4.69) is 34.4 Å². The van der Waals surface area contributed by atoms with E-state index in [0.29, 0.717) is 18.3 Å². The van der Waals surface area contributed by atoms with Crippen LogP contribution in [0.2, 0.25) is 0 Å². The average Bonchev–Trinajstić information content (AvgIpc) is 3.24. The van der Waals surface area contributed by atoms with Crippen molar-refractivity contribution in [3.8, 4) is 11.4 Å². The molecule has 0 bridgehead atoms. The molecule has 0 aliphatic heterocycles. The van der Waals surface area contributed by atoms with Crippen molar-refractivity contribution >= 4 is 0 Å². The molecule has 7 nitrogen and oxygen atoms in total. The van der Waals surface area contributed by atoms with Crippen molar-refractivity contribution in [3.63, 3.8) is 0 Å². The summed E-state index contributed by atoms with van der Waals surface area (Å²) in [7, 11) is 0. The minimum Gasteiger partial charge on any atom is -0.472 e. The second-order valence-corrected chi connectivity index (χ2v) is 5.43. The fourth-order valence-corrected chi connectivity index (χ4v) is 2.14. The van der Waals surface area contributed by atoms with Crippen molar-refractivity contribution in [1.82, 2.24) is 25.2 Å². The van der Waals surface area contributed by atoms with Crippen LogP contribution in [0.25, 0.3) is 11.4 Å². The third kappa shape index (κ3) is 3.09. The first kappa shape index (κ1) is 14.5. The normalized spacial score (nSPS) is 14.1. The van der Waals surface area contributed by atoms with Crippen LogP contribution in [0, 0.1) is 6.92 Å². The molecule has 0 saturated carbocycles. The monoisotopic (exact) mass is 301 g/mol. The van der Waals surface area contributed by atoms with Gasteiger partial charge < -0.3 is 14.3 Å². The van der Waals surface area contributed by atoms with Gasteiger partial charge in [0.1, 0.15) is 6.26 Å². The Kier molecular flexibility index (Phi) is 4.06. The van der Waals surface area contributed by atoms with E-state index in [1.807, 2.05) is 24.0 Å². The van der Waals surface area contributed by atoms with Crippen molar-refractivity contribution in [1.29, 1.82) is 0 Å². The summed E-state index contributed by atoms with van der Waals surface area (Å²) in [5, 5.41) is 11.7. The van der Waals surface area contributed by atoms with Crippen LogP contribution >= 0.6 is 0 Å². The Hall–Kier alpha value is -2.41. The first-order chi connectivity index (χ1) is 10.6. The summed E-state index contributed by atoms with van der Waals surface area (Å²) in [6, 6.07) is 2.24. The molecule has 0 fully saturated rings. The summed E-state index contributed by atoms with van der Waals surface area (Å²) in [5.41, 5.74) is 1.96. The molecule has 3 aromatic heterocycles. The Labute approximate surface area is 128 Å². The smallest absolute Gasteiger partial charge is 0.240 e. The highest BCUT2D eigenvalue weighted by molar-refractivity contribution is 5.51. The minimum atomic E-state index is 0.212. The van der Waals surface area contributed by atoms with Gasteiger partial charge in [-0.3, -0.25) is 4.68 Å². The number of rotatable bonds is 6. The fourth-order valence-electron chi connectivity index (χ4n) is 2.14. The Balaban J connectivity index is 1.58. The zero-order chi connectivity index (χ0) is 15.5. The van der Waals surface area contributed by atoms with Gasteiger partial charge in [-0.25, -0.2) is 0 Å². The number of nitrogens with one attached hydrogen (secondary N) is 1. The lowest BCUT2D eigenvalue weighted by molar-refractivity contribution is 0.325. The summed E-state index contributed by atoms with van der Waals surface area (Å²) in [6.45, 7) is 6.77. The van der Waals surface area contributed by atoms with Gasteiger partial charge in [0.2, 0.25) is 11.7 Å². The highest BCUT2D eigenvalue weighted by Gasteiger charge is 2.16. The lowest BCUT2D eigenvalue weighted by Gasteiger charge is -2.20. The van der Waals surface area contributed by atoms with E-state index in [4.69, 9.17) is 8.94 Å². The molecule has 0 spiro atoms. The maximum absolute atomic E-state index is 5.24. The molecule has 0 unspecified atom stereocenters. The molecule has 1 N–H and O–H groups in total. The van der Waals surface area contributed by atoms with Gasteiger partial charge in [-0.1, -0.05) is 5.16 Å². The van der Waals surface area contributed by atoms with Gasteiger partial charge in [0.25, 0.3) is 0 Å². The van der Waals surface area contributed by atoms with Gasteiger partial charge in [-0.05, 0) is 32.4 Å². The first-order valence-electron chi connectivity index (χ1n) is 7.23. The van der Waals surface area contributed by atoms with E-state index >= 15 is 0 Å². The van der Waals surface area contributed by atoms with E-state index in [1.54, 1.807) is 18.6 Å². The molecule has 116 valence electrons. The fraction of sp³-hybridized carbons (Fsp3) is 0.400. The number of aromatic nitrogens is 4. The van der Waals surface area contributed by atoms with E-state index < -0.39 is 0 Å². The molecule has 7 heteroatoms. The van der Waals surface area contributed by atoms with E-state index in [1.165, 1.54) is 0 Å². The van der Waals surface area contributed by atoms with Crippen LogP contribution in [0.1, 0.15) is 31.3 Å². The lowest BCUT2D eigenvalue weighted by Crippen LogP contribution is -2.33. The van der Waals surface area contributed by atoms with Gasteiger partial charge in [-0.2, -0.15) is 10.1 Å². The van der Waals surface area contributed by atoms with Gasteiger partial charge in [-0.15, -0.1) is 0 Å². The predicted molar refractivity (Wildman–Crippen MR) is 80.0 cm³/mol. The molecule has 0 aromatic carbocycles. The van der Waals surface area contributed by atoms with Crippen LogP contribution in [0.4, 0.5) is 0 Å². The number of hydrogen-bond donors (Lipinski definition) is 1. The lowest BCUT2D eigenvalue weighted by atomic mass is 10.2. The van der Waals surface area contributed by atoms with Crippen molar-refractivity contribution in [2.24, 2.45) is 0 Å². The Morgan fingerprint density at radius 1 is 1.36 bits per heavy atom. The van der Waals surface area contributed by atoms with Crippen molar-refractivity contribution in [2.75, 3.05) is 0 Å². The quantitative estimate of drug-likeness (QED) is 0.753. The van der Waals surface area contributed by atoms with Gasteiger partial charge in [0, 0.05) is 12.2 Å². The molecular formula is C15H19N5O2. The Bertz CT molecular complexity index is 716. The summed E-state index contributed by atoms with van der Waals surface area (Å²) >= 11 is 0. The molecular weight excluding hydrogens is 282 g/mol. The molecule has 3 rings (SSSR count). The summed E-state index contributed by atoms with van der Waals surface area (Å²) < 4.78 is 12.2. The molecule has 22 heavy (non-hydrogen) atoms. The van der Waals surface area contributed by atoms with Gasteiger partial charge in [0.15, 0.2) is 0 Å². The Morgan fingerprint density at radius 2 is 2.23 bits per heavy atom. The second kappa shape index (κ2) is 6.15. The maximum atomic E-state index is 5.24. The zero-order valence-corrected chi connectivity index (χ0v) is 12.9. The molecule has 3 heterocycles. The number of aryl methyl sites for hydroxylation is 1. The number of furan rings is 1. The summed E-state index contributed by atoms with van der Waals surface area (Å²) in [4.78, 5) is 4.34. The average molecular weight is 301 g/mol. The maximum Gasteiger partial charge on any atom is 0.240 e. The SMILES string of the molecule is Cc1cnn([C@@H](C)[C@@H](C)NCc2nc(-c3ccoc3)no2)c1. The third-order valence-corrected chi connectivity index (χ3v) is 3.69. The highest BCUT2D eigenvalue weighted by atomic mass is 16.5. The topological polar surface area (TPSA) is 81.9 Å². The van der Waals surface area contributed by atoms with E-state index in [0.717, 1.165) is 11.1 Å². The number of hydrogen-bond acceptors (Lipinski definition) is 6. The molecule has 0 amide bonds. The van der Waals surface area contributed by atoms with Crippen molar-refractivity contribution < 1.29 is 8.94 Å². The zero-order valence-electron chi connectivity index (χ0n) is 12.9. The summed E-state index contributed by atoms with van der Waals surface area (Å²) in [6.07, 6.45) is 7.07. The molecule has 0 saturated heterocycles. The standard InChI is InChI=1S/C15H19N5O2/c1-10-6-17-20(8-10)12(3)11(2)16-7-14-18-15(19-22-14)13-4-5-21-9-13/h4-6,8-9,11-12,16H,7H2,1-3H3/t11-,12+/m1/s1. The van der Waals surface area contributed by atoms with Crippen LogP contribution in [0.5, 0.6) is 0 Å². The highest BCUT2D eigenvalue weighted by Crippen LogP contribution is 2.16. The van der Waals surface area contributed by atoms with Crippen LogP contribution in [0.3, 0.4) is 0 Å². The largest absolute Gasteiger partial charge is 0.472 e. The first-order valence-corrected chi connectivity index (χ1v) is 7.23. The third-order valence-electron chi connectivity index (χ3n) is 3.69. The van der Waals surface area contributed by atoms with Crippen LogP contribution < -0.4 is 5.32 Å². The molecule has 0 aliphatic carbocycles. The van der Waals surface area contributed by atoms with Crippen LogP contribution in [0.15, 0.2) is 39.9 Å². The molecule has 0 radical (unpaired) electrons. The van der Waals surface area contributed by atoms with Crippen molar-refractivity contribution in [3.05, 3.63) is 42.4 Å². The van der Waals surface area contributed by atoms with Crippen LogP contribution in [-0.4, -0.2) is 26.0 Å².